The Bertz CT molecular complexity index is 1240. The summed E-state index contributed by atoms with van der Waals surface area (Å²) in [6.07, 6.45) is 0. The first-order valence-electron chi connectivity index (χ1n) is 9.70. The van der Waals surface area contributed by atoms with Crippen LogP contribution in [0.4, 0.5) is 11.5 Å². The molecular formula is C24H21N3O4. The molecule has 3 aromatic carbocycles. The minimum atomic E-state index is -0.960. The zero-order valence-electron chi connectivity index (χ0n) is 17.1. The Morgan fingerprint density at radius 1 is 0.968 bits per heavy atom. The van der Waals surface area contributed by atoms with Crippen LogP contribution < -0.4 is 9.80 Å². The van der Waals surface area contributed by atoms with E-state index < -0.39 is 5.97 Å². The summed E-state index contributed by atoms with van der Waals surface area (Å²) >= 11 is 0. The van der Waals surface area contributed by atoms with Gasteiger partial charge in [-0.3, -0.25) is 5.21 Å². The molecule has 31 heavy (non-hydrogen) atoms. The van der Waals surface area contributed by atoms with E-state index in [1.165, 1.54) is 0 Å². The van der Waals surface area contributed by atoms with Crippen molar-refractivity contribution in [1.82, 2.24) is 9.97 Å². The smallest absolute Gasteiger partial charge is 0.335 e. The van der Waals surface area contributed by atoms with Gasteiger partial charge >= 0.3 is 5.97 Å². The zero-order chi connectivity index (χ0) is 22.0. The maximum Gasteiger partial charge on any atom is 0.335 e. The highest BCUT2D eigenvalue weighted by Crippen LogP contribution is 2.31. The summed E-state index contributed by atoms with van der Waals surface area (Å²) in [5.74, 6) is 0.659. The normalized spacial score (nSPS) is 10.8. The molecule has 1 heterocycles. The predicted octanol–water partition coefficient (Wildman–Crippen LogP) is 5.05. The van der Waals surface area contributed by atoms with Crippen LogP contribution in [0.2, 0.25) is 0 Å². The molecule has 0 aliphatic heterocycles. The van der Waals surface area contributed by atoms with E-state index in [4.69, 9.17) is 9.84 Å². The SMILES string of the molecule is Cc1nc(N(O)c2ccc(OCc3ccc(C(=O)O)cc3)cc2)c2c(C)cccc2n1. The first-order chi connectivity index (χ1) is 14.9. The number of benzene rings is 3. The van der Waals surface area contributed by atoms with Crippen molar-refractivity contribution in [3.8, 4) is 5.75 Å². The van der Waals surface area contributed by atoms with Gasteiger partial charge in [0.15, 0.2) is 5.82 Å². The van der Waals surface area contributed by atoms with Crippen LogP contribution >= 0.6 is 0 Å². The molecule has 0 aliphatic carbocycles. The molecule has 4 rings (SSSR count). The van der Waals surface area contributed by atoms with E-state index in [0.717, 1.165) is 27.1 Å². The summed E-state index contributed by atoms with van der Waals surface area (Å²) in [6, 6.07) is 19.3. The van der Waals surface area contributed by atoms with Crippen molar-refractivity contribution >= 4 is 28.4 Å². The fraction of sp³-hybridized carbons (Fsp3) is 0.125. The van der Waals surface area contributed by atoms with Gasteiger partial charge in [0.1, 0.15) is 18.2 Å². The summed E-state index contributed by atoms with van der Waals surface area (Å²) in [5.41, 5.74) is 3.38. The van der Waals surface area contributed by atoms with Crippen LogP contribution in [0.5, 0.6) is 5.75 Å². The second-order valence-electron chi connectivity index (χ2n) is 7.16. The molecule has 0 saturated carbocycles. The number of rotatable bonds is 6. The highest BCUT2D eigenvalue weighted by Gasteiger charge is 2.15. The van der Waals surface area contributed by atoms with Gasteiger partial charge in [-0.05, 0) is 67.4 Å². The van der Waals surface area contributed by atoms with Gasteiger partial charge in [-0.1, -0.05) is 24.3 Å². The number of carboxylic acids is 1. The Kier molecular flexibility index (Phi) is 5.51. The van der Waals surface area contributed by atoms with Crippen molar-refractivity contribution in [2.75, 3.05) is 5.06 Å². The van der Waals surface area contributed by atoms with Crippen LogP contribution in [0, 0.1) is 13.8 Å². The number of anilines is 2. The lowest BCUT2D eigenvalue weighted by atomic mass is 10.1. The third-order valence-corrected chi connectivity index (χ3v) is 4.91. The molecule has 7 heteroatoms. The Morgan fingerprint density at radius 3 is 2.35 bits per heavy atom. The molecular weight excluding hydrogens is 394 g/mol. The first kappa shape index (κ1) is 20.3. The molecule has 7 nitrogen and oxygen atoms in total. The summed E-state index contributed by atoms with van der Waals surface area (Å²) in [6.45, 7) is 4.05. The van der Waals surface area contributed by atoms with Crippen LogP contribution in [-0.2, 0) is 6.61 Å². The van der Waals surface area contributed by atoms with Crippen LogP contribution in [-0.4, -0.2) is 26.3 Å². The van der Waals surface area contributed by atoms with Crippen LogP contribution in [0.3, 0.4) is 0 Å². The van der Waals surface area contributed by atoms with Crippen molar-refractivity contribution in [3.63, 3.8) is 0 Å². The fourth-order valence-corrected chi connectivity index (χ4v) is 3.31. The molecule has 0 amide bonds. The Hall–Kier alpha value is -3.97. The number of ether oxygens (including phenoxy) is 1. The van der Waals surface area contributed by atoms with E-state index in [-0.39, 0.29) is 5.56 Å². The van der Waals surface area contributed by atoms with Crippen molar-refractivity contribution in [3.05, 3.63) is 89.2 Å². The fourth-order valence-electron chi connectivity index (χ4n) is 3.31. The molecule has 4 aromatic rings. The minimum Gasteiger partial charge on any atom is -0.489 e. The van der Waals surface area contributed by atoms with Gasteiger partial charge in [-0.25, -0.2) is 19.8 Å². The van der Waals surface area contributed by atoms with Gasteiger partial charge in [-0.15, -0.1) is 0 Å². The van der Waals surface area contributed by atoms with Gasteiger partial charge in [0.25, 0.3) is 0 Å². The number of fused-ring (bicyclic) bond motifs is 1. The largest absolute Gasteiger partial charge is 0.489 e. The van der Waals surface area contributed by atoms with Gasteiger partial charge in [0.2, 0.25) is 0 Å². The summed E-state index contributed by atoms with van der Waals surface area (Å²) in [4.78, 5) is 19.8. The summed E-state index contributed by atoms with van der Waals surface area (Å²) in [5, 5.41) is 21.7. The molecule has 0 radical (unpaired) electrons. The van der Waals surface area contributed by atoms with E-state index in [1.54, 1.807) is 55.5 Å². The molecule has 0 saturated heterocycles. The highest BCUT2D eigenvalue weighted by atomic mass is 16.5. The Morgan fingerprint density at radius 2 is 1.68 bits per heavy atom. The first-order valence-corrected chi connectivity index (χ1v) is 9.70. The molecule has 1 aromatic heterocycles. The third-order valence-electron chi connectivity index (χ3n) is 4.91. The van der Waals surface area contributed by atoms with Crippen LogP contribution in [0.15, 0.2) is 66.7 Å². The van der Waals surface area contributed by atoms with Crippen molar-refractivity contribution < 1.29 is 19.8 Å². The number of hydrogen-bond donors (Lipinski definition) is 2. The maximum absolute atomic E-state index is 10.9. The average molecular weight is 415 g/mol. The third kappa shape index (κ3) is 4.31. The number of aryl methyl sites for hydroxylation is 2. The Balaban J connectivity index is 1.52. The zero-order valence-corrected chi connectivity index (χ0v) is 17.1. The number of nitrogens with zero attached hydrogens (tertiary/aromatic N) is 3. The predicted molar refractivity (Wildman–Crippen MR) is 117 cm³/mol. The highest BCUT2D eigenvalue weighted by molar-refractivity contribution is 5.93. The van der Waals surface area contributed by atoms with E-state index in [9.17, 15) is 10.0 Å². The van der Waals surface area contributed by atoms with Crippen molar-refractivity contribution in [2.45, 2.75) is 20.5 Å². The van der Waals surface area contributed by atoms with E-state index >= 15 is 0 Å². The molecule has 156 valence electrons. The molecule has 0 spiro atoms. The second kappa shape index (κ2) is 8.41. The van der Waals surface area contributed by atoms with Crippen LogP contribution in [0.25, 0.3) is 10.9 Å². The Labute approximate surface area is 179 Å². The van der Waals surface area contributed by atoms with Gasteiger partial charge in [0.05, 0.1) is 16.8 Å². The monoisotopic (exact) mass is 415 g/mol. The number of carbonyl (C=O) groups is 1. The van der Waals surface area contributed by atoms with E-state index in [2.05, 4.69) is 9.97 Å². The molecule has 0 atom stereocenters. The van der Waals surface area contributed by atoms with Gasteiger partial charge in [0, 0.05) is 5.39 Å². The van der Waals surface area contributed by atoms with E-state index in [1.807, 2.05) is 25.1 Å². The lowest BCUT2D eigenvalue weighted by molar-refractivity contribution is 0.0697. The molecule has 0 aliphatic rings. The number of aromatic carboxylic acids is 1. The number of hydrogen-bond acceptors (Lipinski definition) is 6. The molecule has 0 unspecified atom stereocenters. The second-order valence-corrected chi connectivity index (χ2v) is 7.16. The minimum absolute atomic E-state index is 0.235. The van der Waals surface area contributed by atoms with Crippen LogP contribution in [0.1, 0.15) is 27.3 Å². The van der Waals surface area contributed by atoms with E-state index in [0.29, 0.717) is 29.7 Å². The topological polar surface area (TPSA) is 95.8 Å². The molecule has 0 fully saturated rings. The standard InChI is InChI=1S/C24H21N3O4/c1-15-4-3-5-21-22(15)23(26-16(2)25-21)27(30)19-10-12-20(13-11-19)31-14-17-6-8-18(9-7-17)24(28)29/h3-13,30H,14H2,1-2H3,(H,28,29). The lowest BCUT2D eigenvalue weighted by Gasteiger charge is -2.19. The number of carboxylic acid groups (broad SMARTS) is 1. The van der Waals surface area contributed by atoms with Crippen molar-refractivity contribution in [2.24, 2.45) is 0 Å². The summed E-state index contributed by atoms with van der Waals surface area (Å²) < 4.78 is 5.77. The average Bonchev–Trinajstić information content (AvgIpc) is 2.77. The van der Waals surface area contributed by atoms with Crippen molar-refractivity contribution in [1.29, 1.82) is 0 Å². The van der Waals surface area contributed by atoms with Gasteiger partial charge < -0.3 is 9.84 Å². The summed E-state index contributed by atoms with van der Waals surface area (Å²) in [7, 11) is 0. The molecule has 2 N–H and O–H groups in total. The quantitative estimate of drug-likeness (QED) is 0.425. The maximum atomic E-state index is 10.9. The lowest BCUT2D eigenvalue weighted by Crippen LogP contribution is -2.14. The van der Waals surface area contributed by atoms with Gasteiger partial charge in [-0.2, -0.15) is 0 Å². The number of aromatic nitrogens is 2. The molecule has 0 bridgehead atoms.